The second-order valence-electron chi connectivity index (χ2n) is 6.10. The molecule has 0 saturated heterocycles. The van der Waals surface area contributed by atoms with Gasteiger partial charge in [-0.05, 0) is 36.2 Å². The van der Waals surface area contributed by atoms with E-state index in [-0.39, 0.29) is 12.3 Å². The highest BCUT2D eigenvalue weighted by atomic mass is 19.3. The van der Waals surface area contributed by atoms with Gasteiger partial charge in [0.05, 0.1) is 20.3 Å². The van der Waals surface area contributed by atoms with Crippen LogP contribution < -0.4 is 20.1 Å². The lowest BCUT2D eigenvalue weighted by Crippen LogP contribution is -2.37. The highest BCUT2D eigenvalue weighted by Gasteiger charge is 2.11. The highest BCUT2D eigenvalue weighted by molar-refractivity contribution is 5.79. The molecule has 0 unspecified atom stereocenters. The zero-order valence-electron chi connectivity index (χ0n) is 16.9. The summed E-state index contributed by atoms with van der Waals surface area (Å²) in [4.78, 5) is 4.50. The average molecular weight is 407 g/mol. The van der Waals surface area contributed by atoms with Gasteiger partial charge in [-0.2, -0.15) is 8.78 Å². The van der Waals surface area contributed by atoms with Crippen molar-refractivity contribution in [2.75, 3.05) is 20.8 Å². The summed E-state index contributed by atoms with van der Waals surface area (Å²) in [6.07, 6.45) is 0. The van der Waals surface area contributed by atoms with Crippen LogP contribution in [0.25, 0.3) is 0 Å². The van der Waals surface area contributed by atoms with Gasteiger partial charge in [-0.15, -0.1) is 0 Å². The first kappa shape index (κ1) is 22.4. The number of methoxy groups -OCH3 is 2. The summed E-state index contributed by atoms with van der Waals surface area (Å²) in [5.74, 6) is 1.18. The van der Waals surface area contributed by atoms with Crippen LogP contribution in [-0.2, 0) is 24.4 Å². The van der Waals surface area contributed by atoms with Gasteiger partial charge in [0.25, 0.3) is 0 Å². The molecule has 0 atom stereocenters. The number of nitrogens with one attached hydrogen (secondary N) is 2. The molecule has 0 fully saturated rings. The SMILES string of the molecule is CCNC(=NCc1cc(OC)ccc1OC(F)F)NCc1ccccc1COC. The van der Waals surface area contributed by atoms with E-state index in [9.17, 15) is 8.78 Å². The van der Waals surface area contributed by atoms with E-state index in [0.717, 1.165) is 11.1 Å². The van der Waals surface area contributed by atoms with Crippen molar-refractivity contribution in [3.63, 3.8) is 0 Å². The summed E-state index contributed by atoms with van der Waals surface area (Å²) in [6.45, 7) is 0.911. The molecule has 0 spiro atoms. The van der Waals surface area contributed by atoms with Gasteiger partial charge in [0.15, 0.2) is 5.96 Å². The normalized spacial score (nSPS) is 11.4. The minimum absolute atomic E-state index is 0.0749. The molecule has 0 aliphatic rings. The Kier molecular flexibility index (Phi) is 9.17. The smallest absolute Gasteiger partial charge is 0.387 e. The van der Waals surface area contributed by atoms with Crippen LogP contribution in [0.4, 0.5) is 8.78 Å². The molecule has 6 nitrogen and oxygen atoms in total. The van der Waals surface area contributed by atoms with Gasteiger partial charge in [-0.3, -0.25) is 0 Å². The van der Waals surface area contributed by atoms with E-state index in [1.165, 1.54) is 13.2 Å². The lowest BCUT2D eigenvalue weighted by atomic mass is 10.1. The van der Waals surface area contributed by atoms with E-state index in [0.29, 0.717) is 37.0 Å². The van der Waals surface area contributed by atoms with Crippen molar-refractivity contribution in [1.82, 2.24) is 10.6 Å². The molecule has 0 aliphatic heterocycles. The zero-order chi connectivity index (χ0) is 21.1. The van der Waals surface area contributed by atoms with Crippen LogP contribution in [0.3, 0.4) is 0 Å². The number of halogens is 2. The molecular formula is C21H27F2N3O3. The second-order valence-corrected chi connectivity index (χ2v) is 6.10. The summed E-state index contributed by atoms with van der Waals surface area (Å²) >= 11 is 0. The largest absolute Gasteiger partial charge is 0.497 e. The number of nitrogens with zero attached hydrogens (tertiary/aromatic N) is 1. The van der Waals surface area contributed by atoms with Crippen LogP contribution in [0.2, 0.25) is 0 Å². The zero-order valence-corrected chi connectivity index (χ0v) is 16.9. The molecule has 2 aromatic carbocycles. The Labute approximate surface area is 169 Å². The predicted octanol–water partition coefficient (Wildman–Crippen LogP) is 3.70. The third-order valence-corrected chi connectivity index (χ3v) is 4.10. The number of alkyl halides is 2. The third-order valence-electron chi connectivity index (χ3n) is 4.10. The Balaban J connectivity index is 2.15. The molecule has 0 aromatic heterocycles. The summed E-state index contributed by atoms with van der Waals surface area (Å²) in [5.41, 5.74) is 2.67. The molecule has 2 aromatic rings. The molecule has 2 N–H and O–H groups in total. The van der Waals surface area contributed by atoms with Crippen LogP contribution in [0.1, 0.15) is 23.6 Å². The van der Waals surface area contributed by atoms with Crippen LogP contribution in [0.15, 0.2) is 47.5 Å². The lowest BCUT2D eigenvalue weighted by Gasteiger charge is -2.15. The number of ether oxygens (including phenoxy) is 3. The van der Waals surface area contributed by atoms with Crippen LogP contribution in [-0.4, -0.2) is 33.3 Å². The van der Waals surface area contributed by atoms with Crippen molar-refractivity contribution in [3.8, 4) is 11.5 Å². The Morgan fingerprint density at radius 1 is 1.03 bits per heavy atom. The van der Waals surface area contributed by atoms with Crippen molar-refractivity contribution in [2.24, 2.45) is 4.99 Å². The summed E-state index contributed by atoms with van der Waals surface area (Å²) in [6, 6.07) is 12.6. The fourth-order valence-corrected chi connectivity index (χ4v) is 2.73. The molecular weight excluding hydrogens is 380 g/mol. The Morgan fingerprint density at radius 3 is 2.45 bits per heavy atom. The quantitative estimate of drug-likeness (QED) is 0.465. The van der Waals surface area contributed by atoms with Gasteiger partial charge in [-0.25, -0.2) is 4.99 Å². The third kappa shape index (κ3) is 7.23. The van der Waals surface area contributed by atoms with Gasteiger partial charge in [0, 0.05) is 25.8 Å². The molecule has 158 valence electrons. The van der Waals surface area contributed by atoms with E-state index >= 15 is 0 Å². The molecule has 0 aliphatic carbocycles. The number of rotatable bonds is 10. The van der Waals surface area contributed by atoms with Crippen LogP contribution >= 0.6 is 0 Å². The van der Waals surface area contributed by atoms with E-state index in [4.69, 9.17) is 9.47 Å². The minimum Gasteiger partial charge on any atom is -0.497 e. The molecule has 8 heteroatoms. The number of guanidine groups is 1. The van der Waals surface area contributed by atoms with Gasteiger partial charge >= 0.3 is 6.61 Å². The topological polar surface area (TPSA) is 64.1 Å². The molecule has 0 amide bonds. The number of benzene rings is 2. The lowest BCUT2D eigenvalue weighted by molar-refractivity contribution is -0.0504. The first-order chi connectivity index (χ1) is 14.1. The van der Waals surface area contributed by atoms with Crippen LogP contribution in [0, 0.1) is 0 Å². The van der Waals surface area contributed by atoms with E-state index in [2.05, 4.69) is 20.4 Å². The van der Waals surface area contributed by atoms with E-state index < -0.39 is 6.61 Å². The van der Waals surface area contributed by atoms with Crippen molar-refractivity contribution in [2.45, 2.75) is 33.2 Å². The monoisotopic (exact) mass is 407 g/mol. The number of hydrogen-bond acceptors (Lipinski definition) is 4. The maximum Gasteiger partial charge on any atom is 0.387 e. The molecule has 0 radical (unpaired) electrons. The summed E-state index contributed by atoms with van der Waals surface area (Å²) < 4.78 is 40.4. The standard InChI is InChI=1S/C21H27F2N3O3/c1-4-24-21(25-12-15-7-5-6-8-16(15)14-27-2)26-13-17-11-18(28-3)9-10-19(17)29-20(22)23/h5-11,20H,4,12-14H2,1-3H3,(H2,24,25,26). The van der Waals surface area contributed by atoms with Crippen molar-refractivity contribution in [3.05, 3.63) is 59.2 Å². The average Bonchev–Trinajstić information content (AvgIpc) is 2.71. The molecule has 0 heterocycles. The summed E-state index contributed by atoms with van der Waals surface area (Å²) in [5, 5.41) is 6.41. The Hall–Kier alpha value is -2.87. The second kappa shape index (κ2) is 11.9. The van der Waals surface area contributed by atoms with Gasteiger partial charge in [0.2, 0.25) is 0 Å². The van der Waals surface area contributed by atoms with Crippen LogP contribution in [0.5, 0.6) is 11.5 Å². The number of aliphatic imine (C=N–C) groups is 1. The van der Waals surface area contributed by atoms with E-state index in [1.807, 2.05) is 31.2 Å². The van der Waals surface area contributed by atoms with Gasteiger partial charge in [-0.1, -0.05) is 24.3 Å². The molecule has 0 bridgehead atoms. The van der Waals surface area contributed by atoms with Crippen molar-refractivity contribution < 1.29 is 23.0 Å². The highest BCUT2D eigenvalue weighted by Crippen LogP contribution is 2.26. The fourth-order valence-electron chi connectivity index (χ4n) is 2.73. The van der Waals surface area contributed by atoms with Gasteiger partial charge in [0.1, 0.15) is 11.5 Å². The van der Waals surface area contributed by atoms with E-state index in [1.54, 1.807) is 19.2 Å². The molecule has 0 saturated carbocycles. The molecule has 2 rings (SSSR count). The maximum absolute atomic E-state index is 12.7. The Morgan fingerprint density at radius 2 is 1.79 bits per heavy atom. The summed E-state index contributed by atoms with van der Waals surface area (Å²) in [7, 11) is 3.17. The molecule has 29 heavy (non-hydrogen) atoms. The minimum atomic E-state index is -2.91. The van der Waals surface area contributed by atoms with Crippen molar-refractivity contribution >= 4 is 5.96 Å². The predicted molar refractivity (Wildman–Crippen MR) is 108 cm³/mol. The maximum atomic E-state index is 12.7. The fraction of sp³-hybridized carbons (Fsp3) is 0.381. The first-order valence-electron chi connectivity index (χ1n) is 9.27. The first-order valence-corrected chi connectivity index (χ1v) is 9.27. The van der Waals surface area contributed by atoms with Gasteiger partial charge < -0.3 is 24.8 Å². The van der Waals surface area contributed by atoms with Crippen molar-refractivity contribution in [1.29, 1.82) is 0 Å². The number of hydrogen-bond donors (Lipinski definition) is 2. The Bertz CT molecular complexity index is 800.